The third-order valence-electron chi connectivity index (χ3n) is 3.30. The Morgan fingerprint density at radius 1 is 1.50 bits per heavy atom. The number of rotatable bonds is 7. The Hall–Kier alpha value is 0.400. The van der Waals surface area contributed by atoms with Crippen LogP contribution in [0.5, 0.6) is 0 Å². The molecule has 0 spiro atoms. The molecule has 4 atom stereocenters. The third kappa shape index (κ3) is 6.96. The Bertz CT molecular complexity index is 490. The van der Waals surface area contributed by atoms with Gasteiger partial charge in [-0.15, -0.1) is 0 Å². The monoisotopic (exact) mass is 454 g/mol. The van der Waals surface area contributed by atoms with Crippen molar-refractivity contribution in [3.63, 3.8) is 0 Å². The second-order valence-electron chi connectivity index (χ2n) is 5.18. The van der Waals surface area contributed by atoms with Crippen LogP contribution >= 0.6 is 59.6 Å². The van der Waals surface area contributed by atoms with Crippen molar-refractivity contribution in [1.82, 2.24) is 5.32 Å². The molecule has 1 heterocycles. The van der Waals surface area contributed by atoms with Crippen LogP contribution in [0.2, 0.25) is 0 Å². The number of thiocarbonyl (C=S) groups is 1. The fraction of sp³-hybridized carbons (Fsp3) is 0.769. The first-order valence-corrected chi connectivity index (χ1v) is 10.6. The Labute approximate surface area is 170 Å². The highest BCUT2D eigenvalue weighted by molar-refractivity contribution is 8.40. The van der Waals surface area contributed by atoms with Crippen molar-refractivity contribution in [3.8, 4) is 0 Å². The number of carbonyl (C=O) groups excluding carboxylic acids is 2. The van der Waals surface area contributed by atoms with E-state index in [2.05, 4.69) is 24.9 Å². The smallest absolute Gasteiger partial charge is 0.430 e. The number of halogens is 3. The van der Waals surface area contributed by atoms with Gasteiger partial charge < -0.3 is 14.8 Å². The van der Waals surface area contributed by atoms with Gasteiger partial charge in [-0.3, -0.25) is 4.79 Å². The quantitative estimate of drug-likeness (QED) is 0.153. The number of hydrogen-bond donors (Lipinski definition) is 2. The molecule has 1 fully saturated rings. The van der Waals surface area contributed by atoms with Gasteiger partial charge in [0, 0.05) is 0 Å². The molecule has 4 unspecified atom stereocenters. The molecule has 1 N–H and O–H groups in total. The number of nitrogens with one attached hydrogen (secondary N) is 1. The maximum atomic E-state index is 11.9. The molecular formula is C13H19Cl3NO4S3+. The zero-order chi connectivity index (χ0) is 18.5. The predicted molar refractivity (Wildman–Crippen MR) is 106 cm³/mol. The van der Waals surface area contributed by atoms with Gasteiger partial charge in [0.05, 0.1) is 10.9 Å². The highest BCUT2D eigenvalue weighted by atomic mass is 35.6. The lowest BCUT2D eigenvalue weighted by molar-refractivity contribution is -0.137. The molecule has 24 heavy (non-hydrogen) atoms. The van der Waals surface area contributed by atoms with Crippen molar-refractivity contribution >= 4 is 86.1 Å². The van der Waals surface area contributed by atoms with Crippen LogP contribution in [-0.2, 0) is 25.2 Å². The molecule has 0 aromatic carbocycles. The van der Waals surface area contributed by atoms with E-state index in [-0.39, 0.29) is 22.2 Å². The van der Waals surface area contributed by atoms with Crippen LogP contribution in [0.25, 0.3) is 0 Å². The van der Waals surface area contributed by atoms with E-state index < -0.39 is 28.6 Å². The van der Waals surface area contributed by atoms with Crippen LogP contribution in [0, 0.1) is 5.92 Å². The van der Waals surface area contributed by atoms with E-state index in [1.807, 2.05) is 0 Å². The number of carbonyl (C=O) groups is 2. The fourth-order valence-electron chi connectivity index (χ4n) is 2.10. The van der Waals surface area contributed by atoms with Crippen LogP contribution < -0.4 is 5.32 Å². The number of amides is 1. The first-order chi connectivity index (χ1) is 11.1. The molecule has 1 aliphatic heterocycles. The first-order valence-electron chi connectivity index (χ1n) is 7.20. The van der Waals surface area contributed by atoms with E-state index in [0.29, 0.717) is 3.53 Å². The third-order valence-corrected chi connectivity index (χ3v) is 7.18. The number of ether oxygens (including phenoxy) is 2. The van der Waals surface area contributed by atoms with Gasteiger partial charge in [-0.05, 0) is 25.6 Å². The zero-order valence-corrected chi connectivity index (χ0v) is 17.9. The number of unbranched alkanes of at least 4 members (excludes halogenated alkanes) is 1. The van der Waals surface area contributed by atoms with Gasteiger partial charge in [-0.2, -0.15) is 0 Å². The lowest BCUT2D eigenvalue weighted by Crippen LogP contribution is -2.66. The molecule has 0 aliphatic carbocycles. The van der Waals surface area contributed by atoms with E-state index in [1.165, 1.54) is 0 Å². The normalized spacial score (nSPS) is 22.8. The summed E-state index contributed by atoms with van der Waals surface area (Å²) in [5.41, 5.74) is 0. The average Bonchev–Trinajstić information content (AvgIpc) is 2.43. The van der Waals surface area contributed by atoms with Crippen LogP contribution in [0.3, 0.4) is 0 Å². The SMILES string of the molecule is CCCC[S+](C(=S)S)C1NC(=O)C1C(C)OC(=O)OCC(Cl)(Cl)Cl. The zero-order valence-electron chi connectivity index (χ0n) is 13.1. The first kappa shape index (κ1) is 22.4. The summed E-state index contributed by atoms with van der Waals surface area (Å²) in [4.78, 5) is 23.6. The number of hydrogen-bond acceptors (Lipinski definition) is 5. The minimum Gasteiger partial charge on any atom is -0.430 e. The molecule has 0 bridgehead atoms. The van der Waals surface area contributed by atoms with Gasteiger partial charge >= 0.3 is 6.16 Å². The Morgan fingerprint density at radius 3 is 2.58 bits per heavy atom. The van der Waals surface area contributed by atoms with E-state index in [4.69, 9.17) is 56.5 Å². The summed E-state index contributed by atoms with van der Waals surface area (Å²) in [6, 6.07) is 0. The molecule has 11 heteroatoms. The lowest BCUT2D eigenvalue weighted by Gasteiger charge is -2.37. The summed E-state index contributed by atoms with van der Waals surface area (Å²) in [6.45, 7) is 3.26. The van der Waals surface area contributed by atoms with Crippen molar-refractivity contribution < 1.29 is 19.1 Å². The molecule has 1 amide bonds. The Kier molecular flexibility index (Phi) is 9.28. The summed E-state index contributed by atoms with van der Waals surface area (Å²) >= 11 is 26.0. The molecule has 5 nitrogen and oxygen atoms in total. The second-order valence-corrected chi connectivity index (χ2v) is 11.6. The van der Waals surface area contributed by atoms with Gasteiger partial charge in [0.1, 0.15) is 24.4 Å². The molecule has 0 aromatic heterocycles. The molecule has 0 radical (unpaired) electrons. The van der Waals surface area contributed by atoms with Crippen LogP contribution in [0.1, 0.15) is 26.7 Å². The van der Waals surface area contributed by atoms with Gasteiger partial charge in [0.2, 0.25) is 15.1 Å². The van der Waals surface area contributed by atoms with Crippen LogP contribution in [0.4, 0.5) is 4.79 Å². The van der Waals surface area contributed by atoms with Crippen molar-refractivity contribution in [2.24, 2.45) is 5.92 Å². The molecule has 1 saturated heterocycles. The van der Waals surface area contributed by atoms with Crippen LogP contribution in [-0.4, -0.2) is 43.2 Å². The minimum atomic E-state index is -1.72. The summed E-state index contributed by atoms with van der Waals surface area (Å²) in [6.07, 6.45) is 0.310. The standard InChI is InChI=1S/C13H18Cl3NO4S3/c1-3-4-5-24(12(22)23)10-8(9(18)17-10)7(2)21-11(19)20-6-13(14,15)16/h7-8,10H,3-6H2,1-2H3,(H-,17,18,22,23)/p+1. The van der Waals surface area contributed by atoms with Gasteiger partial charge in [0.25, 0.3) is 3.53 Å². The number of alkyl halides is 3. The second kappa shape index (κ2) is 9.92. The summed E-state index contributed by atoms with van der Waals surface area (Å²) in [5, 5.41) is 2.65. The highest BCUT2D eigenvalue weighted by Gasteiger charge is 2.55. The van der Waals surface area contributed by atoms with Crippen molar-refractivity contribution in [3.05, 3.63) is 0 Å². The van der Waals surface area contributed by atoms with E-state index in [9.17, 15) is 9.59 Å². The Balaban J connectivity index is 2.63. The topological polar surface area (TPSA) is 64.6 Å². The molecule has 0 aromatic rings. The molecule has 1 rings (SSSR count). The lowest BCUT2D eigenvalue weighted by atomic mass is 9.96. The van der Waals surface area contributed by atoms with Crippen molar-refractivity contribution in [2.75, 3.05) is 12.4 Å². The maximum Gasteiger partial charge on any atom is 0.508 e. The summed E-state index contributed by atoms with van der Waals surface area (Å²) in [7, 11) is -0.370. The van der Waals surface area contributed by atoms with Gasteiger partial charge in [-0.1, -0.05) is 60.8 Å². The summed E-state index contributed by atoms with van der Waals surface area (Å²) in [5.74, 6) is 0.140. The summed E-state index contributed by atoms with van der Waals surface area (Å²) < 4.78 is 8.68. The fourth-order valence-corrected chi connectivity index (χ4v) is 5.64. The highest BCUT2D eigenvalue weighted by Crippen LogP contribution is 2.30. The molecule has 138 valence electrons. The Morgan fingerprint density at radius 2 is 2.12 bits per heavy atom. The van der Waals surface area contributed by atoms with Gasteiger partial charge in [0.15, 0.2) is 0 Å². The van der Waals surface area contributed by atoms with E-state index in [1.54, 1.807) is 6.92 Å². The molecule has 0 saturated carbocycles. The van der Waals surface area contributed by atoms with E-state index >= 15 is 0 Å². The van der Waals surface area contributed by atoms with Crippen LogP contribution in [0.15, 0.2) is 0 Å². The number of thiol groups is 1. The van der Waals surface area contributed by atoms with Crippen molar-refractivity contribution in [2.45, 2.75) is 42.0 Å². The number of β-lactam (4-membered cyclic amide) rings is 1. The van der Waals surface area contributed by atoms with Crippen molar-refractivity contribution in [1.29, 1.82) is 0 Å². The predicted octanol–water partition coefficient (Wildman–Crippen LogP) is 3.60. The maximum absolute atomic E-state index is 11.9. The largest absolute Gasteiger partial charge is 0.508 e. The molecule has 1 aliphatic rings. The molecular weight excluding hydrogens is 437 g/mol. The minimum absolute atomic E-state index is 0.190. The van der Waals surface area contributed by atoms with E-state index in [0.717, 1.165) is 18.6 Å². The van der Waals surface area contributed by atoms with Gasteiger partial charge in [-0.25, -0.2) is 4.79 Å². The average molecular weight is 456 g/mol.